The lowest BCUT2D eigenvalue weighted by molar-refractivity contribution is 1.18. The van der Waals surface area contributed by atoms with Gasteiger partial charge in [-0.05, 0) is 42.0 Å². The normalized spacial score (nSPS) is 12.2. The summed E-state index contributed by atoms with van der Waals surface area (Å²) < 4.78 is 4.90. The number of hydrogen-bond acceptors (Lipinski definition) is 0. The molecule has 0 unspecified atom stereocenters. The number of rotatable bonds is 1. The zero-order chi connectivity index (χ0) is 24.8. The summed E-state index contributed by atoms with van der Waals surface area (Å²) in [7, 11) is 0. The molecule has 6 aromatic carbocycles. The molecule has 0 bridgehead atoms. The lowest BCUT2D eigenvalue weighted by Crippen LogP contribution is -1.95. The topological polar surface area (TPSA) is 9.86 Å². The van der Waals surface area contributed by atoms with Gasteiger partial charge in [-0.2, -0.15) is 0 Å². The van der Waals surface area contributed by atoms with Gasteiger partial charge >= 0.3 is 0 Å². The maximum absolute atomic E-state index is 2.48. The lowest BCUT2D eigenvalue weighted by Gasteiger charge is -2.14. The van der Waals surface area contributed by atoms with Crippen LogP contribution in [0.2, 0.25) is 0 Å². The first-order valence-electron chi connectivity index (χ1n) is 13.1. The largest absolute Gasteiger partial charge is 0.309 e. The summed E-state index contributed by atoms with van der Waals surface area (Å²) in [6.07, 6.45) is 0. The van der Waals surface area contributed by atoms with Gasteiger partial charge < -0.3 is 9.13 Å². The molecule has 2 heteroatoms. The van der Waals surface area contributed by atoms with E-state index in [0.717, 1.165) is 0 Å². The van der Waals surface area contributed by atoms with Crippen molar-refractivity contribution < 1.29 is 0 Å². The van der Waals surface area contributed by atoms with Crippen LogP contribution in [0, 0.1) is 0 Å². The molecule has 0 N–H and O–H groups in total. The quantitative estimate of drug-likeness (QED) is 0.220. The Hall–Kier alpha value is -5.08. The van der Waals surface area contributed by atoms with E-state index in [1.54, 1.807) is 0 Å². The number of hydrogen-bond donors (Lipinski definition) is 0. The van der Waals surface area contributed by atoms with Crippen LogP contribution in [-0.4, -0.2) is 9.13 Å². The minimum absolute atomic E-state index is 1.18. The molecule has 9 rings (SSSR count). The molecule has 38 heavy (non-hydrogen) atoms. The van der Waals surface area contributed by atoms with Crippen molar-refractivity contribution in [1.82, 2.24) is 9.13 Å². The Bertz CT molecular complexity index is 2230. The molecule has 0 atom stereocenters. The van der Waals surface area contributed by atoms with E-state index in [2.05, 4.69) is 143 Å². The molecule has 3 heterocycles. The average Bonchev–Trinajstić information content (AvgIpc) is 3.46. The summed E-state index contributed by atoms with van der Waals surface area (Å²) in [4.78, 5) is 0. The van der Waals surface area contributed by atoms with Crippen LogP contribution in [0.1, 0.15) is 0 Å². The highest BCUT2D eigenvalue weighted by atomic mass is 15.0. The molecule has 2 aromatic heterocycles. The first kappa shape index (κ1) is 20.0. The third kappa shape index (κ3) is 2.42. The summed E-state index contributed by atoms with van der Waals surface area (Å²) in [5, 5.41) is 5.18. The van der Waals surface area contributed by atoms with Gasteiger partial charge in [0, 0.05) is 43.9 Å². The fraction of sp³-hybridized carbons (Fsp3) is 0. The van der Waals surface area contributed by atoms with Gasteiger partial charge in [-0.15, -0.1) is 0 Å². The summed E-state index contributed by atoms with van der Waals surface area (Å²) in [5.74, 6) is 0. The van der Waals surface area contributed by atoms with Crippen LogP contribution >= 0.6 is 0 Å². The van der Waals surface area contributed by atoms with E-state index in [-0.39, 0.29) is 0 Å². The number of para-hydroxylation sites is 5. The molecule has 8 aromatic rings. The summed E-state index contributed by atoms with van der Waals surface area (Å²) in [5.41, 5.74) is 12.5. The van der Waals surface area contributed by atoms with Gasteiger partial charge in [0.15, 0.2) is 0 Å². The standard InChI is InChI=1S/C36H22N2/c1-2-11-23(12-3-1)37-31-19-8-6-15-29(31)35-33(37)22-21-25-27-17-10-16-26-24-13-4-7-18-30(24)38(36(26)27)32-20-9-5-14-28(32)34(25)35/h1-22H. The summed E-state index contributed by atoms with van der Waals surface area (Å²) >= 11 is 0. The van der Waals surface area contributed by atoms with Crippen molar-refractivity contribution in [2.45, 2.75) is 0 Å². The summed E-state index contributed by atoms with van der Waals surface area (Å²) in [6, 6.07) is 48.7. The van der Waals surface area contributed by atoms with Crippen molar-refractivity contribution in [2.75, 3.05) is 0 Å². The highest BCUT2D eigenvalue weighted by Gasteiger charge is 2.27. The fourth-order valence-electron chi connectivity index (χ4n) is 6.79. The molecule has 0 radical (unpaired) electrons. The molecule has 0 amide bonds. The Morgan fingerprint density at radius 1 is 0.368 bits per heavy atom. The van der Waals surface area contributed by atoms with Crippen LogP contribution in [0.4, 0.5) is 0 Å². The van der Waals surface area contributed by atoms with Gasteiger partial charge in [-0.25, -0.2) is 0 Å². The van der Waals surface area contributed by atoms with Gasteiger partial charge in [-0.3, -0.25) is 0 Å². The van der Waals surface area contributed by atoms with Crippen LogP contribution in [0.5, 0.6) is 0 Å². The number of benzene rings is 6. The Morgan fingerprint density at radius 2 is 1.03 bits per heavy atom. The molecule has 0 saturated carbocycles. The first-order chi connectivity index (χ1) is 18.9. The minimum Gasteiger partial charge on any atom is -0.309 e. The van der Waals surface area contributed by atoms with Crippen molar-refractivity contribution >= 4 is 43.6 Å². The van der Waals surface area contributed by atoms with Gasteiger partial charge in [0.1, 0.15) is 0 Å². The maximum atomic E-state index is 2.48. The highest BCUT2D eigenvalue weighted by molar-refractivity contribution is 6.23. The third-order valence-corrected chi connectivity index (χ3v) is 8.25. The third-order valence-electron chi connectivity index (χ3n) is 8.25. The SMILES string of the molecule is c1ccc(-n2c3ccccc3c3c4c(ccc32)-c2cccc3c5ccccc5n(c23)-c2ccccc2-4)cc1. The highest BCUT2D eigenvalue weighted by Crippen LogP contribution is 2.50. The number of aromatic nitrogens is 2. The molecule has 0 saturated heterocycles. The molecule has 176 valence electrons. The second-order valence-corrected chi connectivity index (χ2v) is 10.1. The van der Waals surface area contributed by atoms with Crippen molar-refractivity contribution in [1.29, 1.82) is 0 Å². The average molecular weight is 483 g/mol. The Kier molecular flexibility index (Phi) is 3.82. The Morgan fingerprint density at radius 3 is 1.89 bits per heavy atom. The molecular formula is C36H22N2. The van der Waals surface area contributed by atoms with E-state index in [1.807, 2.05) is 0 Å². The van der Waals surface area contributed by atoms with Crippen LogP contribution in [0.25, 0.3) is 77.2 Å². The Balaban J connectivity index is 1.55. The van der Waals surface area contributed by atoms with Crippen LogP contribution in [-0.2, 0) is 0 Å². The predicted molar refractivity (Wildman–Crippen MR) is 160 cm³/mol. The molecule has 0 spiro atoms. The molecule has 2 nitrogen and oxygen atoms in total. The van der Waals surface area contributed by atoms with Gasteiger partial charge in [0.05, 0.1) is 27.8 Å². The smallest absolute Gasteiger partial charge is 0.0619 e. The van der Waals surface area contributed by atoms with Crippen molar-refractivity contribution in [3.8, 4) is 33.6 Å². The lowest BCUT2D eigenvalue weighted by atomic mass is 9.90. The van der Waals surface area contributed by atoms with E-state index < -0.39 is 0 Å². The molecule has 0 fully saturated rings. The van der Waals surface area contributed by atoms with Crippen LogP contribution in [0.3, 0.4) is 0 Å². The van der Waals surface area contributed by atoms with Crippen molar-refractivity contribution in [3.05, 3.63) is 133 Å². The molecule has 1 aliphatic heterocycles. The fourth-order valence-corrected chi connectivity index (χ4v) is 6.79. The van der Waals surface area contributed by atoms with Crippen molar-refractivity contribution in [2.24, 2.45) is 0 Å². The monoisotopic (exact) mass is 482 g/mol. The van der Waals surface area contributed by atoms with E-state index in [1.165, 1.54) is 77.2 Å². The predicted octanol–water partition coefficient (Wildman–Crippen LogP) is 9.53. The molecule has 1 aliphatic rings. The zero-order valence-electron chi connectivity index (χ0n) is 20.6. The van der Waals surface area contributed by atoms with E-state index in [4.69, 9.17) is 0 Å². The Labute approximate surface area is 219 Å². The zero-order valence-corrected chi connectivity index (χ0v) is 20.6. The van der Waals surface area contributed by atoms with E-state index in [0.29, 0.717) is 0 Å². The van der Waals surface area contributed by atoms with E-state index >= 15 is 0 Å². The number of fused-ring (bicyclic) bond motifs is 12. The first-order valence-corrected chi connectivity index (χ1v) is 13.1. The van der Waals surface area contributed by atoms with Gasteiger partial charge in [-0.1, -0.05) is 97.1 Å². The maximum Gasteiger partial charge on any atom is 0.0619 e. The second-order valence-electron chi connectivity index (χ2n) is 10.1. The van der Waals surface area contributed by atoms with Crippen LogP contribution in [0.15, 0.2) is 133 Å². The van der Waals surface area contributed by atoms with Crippen LogP contribution < -0.4 is 0 Å². The number of nitrogens with zero attached hydrogens (tertiary/aromatic N) is 2. The summed E-state index contributed by atoms with van der Waals surface area (Å²) in [6.45, 7) is 0. The van der Waals surface area contributed by atoms with Gasteiger partial charge in [0.2, 0.25) is 0 Å². The molecular weight excluding hydrogens is 460 g/mol. The van der Waals surface area contributed by atoms with Gasteiger partial charge in [0.25, 0.3) is 0 Å². The second kappa shape index (κ2) is 7.24. The minimum atomic E-state index is 1.18. The molecule has 0 aliphatic carbocycles. The van der Waals surface area contributed by atoms with E-state index in [9.17, 15) is 0 Å². The van der Waals surface area contributed by atoms with Crippen molar-refractivity contribution in [3.63, 3.8) is 0 Å².